The standard InChI is InChI=1S/C15H20BrN5OS/c1-9-7-10(16)5-6-11(9)18-12(22)8-23-14-20-19-13(21(14)17)15(2,3)4/h5-7H,8,17H2,1-4H3,(H,18,22). The average Bonchev–Trinajstić information content (AvgIpc) is 2.81. The first-order valence-electron chi connectivity index (χ1n) is 7.08. The summed E-state index contributed by atoms with van der Waals surface area (Å²) in [6.45, 7) is 7.98. The van der Waals surface area contributed by atoms with E-state index >= 15 is 0 Å². The molecule has 0 saturated heterocycles. The summed E-state index contributed by atoms with van der Waals surface area (Å²) in [5.41, 5.74) is 1.59. The number of nitrogens with one attached hydrogen (secondary N) is 1. The molecular weight excluding hydrogens is 378 g/mol. The van der Waals surface area contributed by atoms with Crippen molar-refractivity contribution in [3.63, 3.8) is 0 Å². The minimum Gasteiger partial charge on any atom is -0.336 e. The lowest BCUT2D eigenvalue weighted by Crippen LogP contribution is -2.24. The Hall–Kier alpha value is -1.54. The van der Waals surface area contributed by atoms with Crippen LogP contribution in [0.4, 0.5) is 5.69 Å². The maximum absolute atomic E-state index is 12.1. The molecule has 0 atom stereocenters. The van der Waals surface area contributed by atoms with Crippen molar-refractivity contribution >= 4 is 39.3 Å². The molecule has 1 heterocycles. The predicted octanol–water partition coefficient (Wildman–Crippen LogP) is 3.09. The summed E-state index contributed by atoms with van der Waals surface area (Å²) >= 11 is 4.66. The summed E-state index contributed by atoms with van der Waals surface area (Å²) in [6, 6.07) is 5.71. The Morgan fingerprint density at radius 1 is 1.39 bits per heavy atom. The third-order valence-electron chi connectivity index (χ3n) is 3.13. The van der Waals surface area contributed by atoms with Gasteiger partial charge in [-0.1, -0.05) is 48.5 Å². The molecule has 0 radical (unpaired) electrons. The molecular formula is C15H20BrN5OS. The molecule has 8 heteroatoms. The highest BCUT2D eigenvalue weighted by molar-refractivity contribution is 9.10. The molecule has 1 aromatic carbocycles. The number of carbonyl (C=O) groups excluding carboxylic acids is 1. The Labute approximate surface area is 148 Å². The molecule has 0 unspecified atom stereocenters. The number of aryl methyl sites for hydroxylation is 1. The SMILES string of the molecule is Cc1cc(Br)ccc1NC(=O)CSc1nnc(C(C)(C)C)n1N. The lowest BCUT2D eigenvalue weighted by atomic mass is 9.96. The van der Waals surface area contributed by atoms with Crippen LogP contribution in [0.25, 0.3) is 0 Å². The van der Waals surface area contributed by atoms with Gasteiger partial charge in [0.2, 0.25) is 11.1 Å². The van der Waals surface area contributed by atoms with Crippen molar-refractivity contribution in [3.05, 3.63) is 34.1 Å². The van der Waals surface area contributed by atoms with Gasteiger partial charge in [0.25, 0.3) is 0 Å². The van der Waals surface area contributed by atoms with Crippen LogP contribution in [0.3, 0.4) is 0 Å². The van der Waals surface area contributed by atoms with Gasteiger partial charge in [0.1, 0.15) is 0 Å². The lowest BCUT2D eigenvalue weighted by Gasteiger charge is -2.16. The number of nitrogens with zero attached hydrogens (tertiary/aromatic N) is 3. The van der Waals surface area contributed by atoms with E-state index in [0.29, 0.717) is 11.0 Å². The van der Waals surface area contributed by atoms with E-state index in [1.807, 2.05) is 45.9 Å². The molecule has 0 aliphatic rings. The molecule has 2 aromatic rings. The highest BCUT2D eigenvalue weighted by Gasteiger charge is 2.23. The average molecular weight is 398 g/mol. The zero-order valence-corrected chi connectivity index (χ0v) is 16.0. The van der Waals surface area contributed by atoms with Gasteiger partial charge in [0.05, 0.1) is 5.75 Å². The van der Waals surface area contributed by atoms with Crippen LogP contribution in [0.2, 0.25) is 0 Å². The van der Waals surface area contributed by atoms with Crippen LogP contribution in [-0.4, -0.2) is 26.5 Å². The molecule has 0 bridgehead atoms. The van der Waals surface area contributed by atoms with E-state index in [9.17, 15) is 4.79 Å². The fourth-order valence-electron chi connectivity index (χ4n) is 1.97. The Kier molecular flexibility index (Phi) is 5.36. The topological polar surface area (TPSA) is 85.8 Å². The van der Waals surface area contributed by atoms with Gasteiger partial charge in [-0.3, -0.25) is 4.79 Å². The second-order valence-electron chi connectivity index (χ2n) is 6.22. The molecule has 6 nitrogen and oxygen atoms in total. The number of carbonyl (C=O) groups is 1. The Balaban J connectivity index is 1.98. The maximum atomic E-state index is 12.1. The highest BCUT2D eigenvalue weighted by Crippen LogP contribution is 2.24. The van der Waals surface area contributed by atoms with E-state index in [0.717, 1.165) is 15.7 Å². The number of rotatable bonds is 4. The number of amides is 1. The number of nitrogen functional groups attached to an aromatic ring is 1. The second kappa shape index (κ2) is 6.92. The molecule has 124 valence electrons. The van der Waals surface area contributed by atoms with E-state index in [2.05, 4.69) is 31.4 Å². The molecule has 0 aliphatic heterocycles. The quantitative estimate of drug-likeness (QED) is 0.611. The summed E-state index contributed by atoms with van der Waals surface area (Å²) in [6.07, 6.45) is 0. The van der Waals surface area contributed by atoms with Crippen molar-refractivity contribution in [1.29, 1.82) is 0 Å². The molecule has 2 rings (SSSR count). The molecule has 1 amide bonds. The molecule has 1 aromatic heterocycles. The van der Waals surface area contributed by atoms with E-state index in [4.69, 9.17) is 5.84 Å². The number of hydrogen-bond acceptors (Lipinski definition) is 5. The fourth-order valence-corrected chi connectivity index (χ4v) is 3.10. The number of halogens is 1. The fraction of sp³-hybridized carbons (Fsp3) is 0.400. The van der Waals surface area contributed by atoms with Gasteiger partial charge in [0, 0.05) is 15.6 Å². The normalized spacial score (nSPS) is 11.5. The van der Waals surface area contributed by atoms with Gasteiger partial charge in [-0.15, -0.1) is 10.2 Å². The highest BCUT2D eigenvalue weighted by atomic mass is 79.9. The Morgan fingerprint density at radius 2 is 2.09 bits per heavy atom. The van der Waals surface area contributed by atoms with E-state index in [1.54, 1.807) is 0 Å². The third-order valence-corrected chi connectivity index (χ3v) is 4.57. The summed E-state index contributed by atoms with van der Waals surface area (Å²) in [7, 11) is 0. The molecule has 23 heavy (non-hydrogen) atoms. The van der Waals surface area contributed by atoms with Crippen molar-refractivity contribution in [2.75, 3.05) is 16.9 Å². The van der Waals surface area contributed by atoms with Crippen molar-refractivity contribution in [3.8, 4) is 0 Å². The number of aromatic nitrogens is 3. The summed E-state index contributed by atoms with van der Waals surface area (Å²) < 4.78 is 2.43. The first-order chi connectivity index (χ1) is 10.7. The van der Waals surface area contributed by atoms with Gasteiger partial charge < -0.3 is 11.2 Å². The molecule has 3 N–H and O–H groups in total. The van der Waals surface area contributed by atoms with Gasteiger partial charge in [-0.25, -0.2) is 4.68 Å². The minimum absolute atomic E-state index is 0.110. The summed E-state index contributed by atoms with van der Waals surface area (Å²) in [5.74, 6) is 6.79. The van der Waals surface area contributed by atoms with Gasteiger partial charge >= 0.3 is 0 Å². The third kappa shape index (κ3) is 4.48. The zero-order chi connectivity index (χ0) is 17.2. The van der Waals surface area contributed by atoms with Crippen LogP contribution in [0, 0.1) is 6.92 Å². The molecule has 0 fully saturated rings. The van der Waals surface area contributed by atoms with Crippen LogP contribution in [0.1, 0.15) is 32.2 Å². The van der Waals surface area contributed by atoms with E-state index in [-0.39, 0.29) is 17.1 Å². The van der Waals surface area contributed by atoms with Crippen LogP contribution in [0.5, 0.6) is 0 Å². The van der Waals surface area contributed by atoms with Crippen molar-refractivity contribution in [2.45, 2.75) is 38.3 Å². The van der Waals surface area contributed by atoms with Crippen molar-refractivity contribution in [2.24, 2.45) is 0 Å². The predicted molar refractivity (Wildman–Crippen MR) is 97.1 cm³/mol. The van der Waals surface area contributed by atoms with Crippen LogP contribution in [0.15, 0.2) is 27.8 Å². The summed E-state index contributed by atoms with van der Waals surface area (Å²) in [4.78, 5) is 12.1. The summed E-state index contributed by atoms with van der Waals surface area (Å²) in [5, 5.41) is 11.6. The Morgan fingerprint density at radius 3 is 2.65 bits per heavy atom. The first kappa shape index (κ1) is 17.8. The molecule has 0 aliphatic carbocycles. The van der Waals surface area contributed by atoms with Crippen LogP contribution >= 0.6 is 27.7 Å². The number of thioether (sulfide) groups is 1. The lowest BCUT2D eigenvalue weighted by molar-refractivity contribution is -0.113. The minimum atomic E-state index is -0.197. The van der Waals surface area contributed by atoms with E-state index < -0.39 is 0 Å². The van der Waals surface area contributed by atoms with Crippen LogP contribution in [-0.2, 0) is 10.2 Å². The van der Waals surface area contributed by atoms with Gasteiger partial charge in [-0.2, -0.15) is 0 Å². The van der Waals surface area contributed by atoms with Crippen molar-refractivity contribution < 1.29 is 4.79 Å². The van der Waals surface area contributed by atoms with Gasteiger partial charge in [0.15, 0.2) is 5.82 Å². The van der Waals surface area contributed by atoms with E-state index in [1.165, 1.54) is 16.4 Å². The molecule has 0 spiro atoms. The molecule has 0 saturated carbocycles. The monoisotopic (exact) mass is 397 g/mol. The maximum Gasteiger partial charge on any atom is 0.234 e. The smallest absolute Gasteiger partial charge is 0.234 e. The second-order valence-corrected chi connectivity index (χ2v) is 8.08. The number of hydrogen-bond donors (Lipinski definition) is 2. The number of anilines is 1. The van der Waals surface area contributed by atoms with Crippen molar-refractivity contribution in [1.82, 2.24) is 14.9 Å². The first-order valence-corrected chi connectivity index (χ1v) is 8.86. The van der Waals surface area contributed by atoms with Crippen LogP contribution < -0.4 is 11.2 Å². The Bertz CT molecular complexity index is 723. The largest absolute Gasteiger partial charge is 0.336 e. The zero-order valence-electron chi connectivity index (χ0n) is 13.6. The number of nitrogens with two attached hydrogens (primary N) is 1. The van der Waals surface area contributed by atoms with Gasteiger partial charge in [-0.05, 0) is 30.7 Å². The number of benzene rings is 1.